The van der Waals surface area contributed by atoms with Gasteiger partial charge in [-0.3, -0.25) is 24.6 Å². The van der Waals surface area contributed by atoms with Gasteiger partial charge in [0.05, 0.1) is 28.3 Å². The third kappa shape index (κ3) is 3.15. The molecule has 9 heteroatoms. The number of imide groups is 1. The van der Waals surface area contributed by atoms with Crippen molar-refractivity contribution in [3.63, 3.8) is 0 Å². The molecule has 1 aliphatic heterocycles. The summed E-state index contributed by atoms with van der Waals surface area (Å²) in [5, 5.41) is 16.5. The Morgan fingerprint density at radius 3 is 2.56 bits per heavy atom. The van der Waals surface area contributed by atoms with Crippen molar-refractivity contribution in [2.45, 2.75) is 6.54 Å². The van der Waals surface area contributed by atoms with E-state index in [9.17, 15) is 19.7 Å². The summed E-state index contributed by atoms with van der Waals surface area (Å²) < 4.78 is 0. The molecule has 0 radical (unpaired) electrons. The summed E-state index contributed by atoms with van der Waals surface area (Å²) >= 11 is 1.36. The first-order valence-corrected chi connectivity index (χ1v) is 8.82. The number of carbonyl (C=O) groups excluding carboxylic acids is 2. The van der Waals surface area contributed by atoms with Crippen LogP contribution in [0.4, 0.5) is 16.5 Å². The number of fused-ring (bicyclic) bond motifs is 1. The van der Waals surface area contributed by atoms with E-state index in [1.165, 1.54) is 23.5 Å². The smallest absolute Gasteiger partial charge is 0.270 e. The third-order valence-electron chi connectivity index (χ3n) is 4.06. The Morgan fingerprint density at radius 1 is 1.07 bits per heavy atom. The number of non-ortho nitro benzene ring substituents is 1. The van der Waals surface area contributed by atoms with Crippen LogP contribution in [0.3, 0.4) is 0 Å². The molecule has 0 bridgehead atoms. The third-order valence-corrected chi connectivity index (χ3v) is 4.87. The fourth-order valence-corrected chi connectivity index (χ4v) is 3.50. The SMILES string of the molecule is O=C1c2ccc([N+](=O)[O-])cc2C(=O)N1Cc1csc(Nc2ccccc2)n1. The Morgan fingerprint density at radius 2 is 1.81 bits per heavy atom. The second kappa shape index (κ2) is 6.61. The van der Waals surface area contributed by atoms with Crippen molar-refractivity contribution in [1.82, 2.24) is 9.88 Å². The van der Waals surface area contributed by atoms with Crippen molar-refractivity contribution in [1.29, 1.82) is 0 Å². The van der Waals surface area contributed by atoms with Crippen LogP contribution in [0.5, 0.6) is 0 Å². The van der Waals surface area contributed by atoms with Crippen LogP contribution in [0, 0.1) is 10.1 Å². The molecule has 2 heterocycles. The topological polar surface area (TPSA) is 105 Å². The number of thiazole rings is 1. The van der Waals surface area contributed by atoms with Gasteiger partial charge in [0.15, 0.2) is 5.13 Å². The van der Waals surface area contributed by atoms with E-state index < -0.39 is 16.7 Å². The molecule has 0 aliphatic carbocycles. The van der Waals surface area contributed by atoms with Crippen LogP contribution in [0.1, 0.15) is 26.4 Å². The molecule has 27 heavy (non-hydrogen) atoms. The lowest BCUT2D eigenvalue weighted by molar-refractivity contribution is -0.384. The van der Waals surface area contributed by atoms with Crippen molar-refractivity contribution >= 4 is 39.7 Å². The van der Waals surface area contributed by atoms with Gasteiger partial charge < -0.3 is 5.32 Å². The zero-order valence-electron chi connectivity index (χ0n) is 13.8. The van der Waals surface area contributed by atoms with Crippen LogP contribution < -0.4 is 5.32 Å². The minimum Gasteiger partial charge on any atom is -0.332 e. The molecule has 0 unspecified atom stereocenters. The Hall–Kier alpha value is -3.59. The van der Waals surface area contributed by atoms with E-state index in [1.807, 2.05) is 30.3 Å². The van der Waals surface area contributed by atoms with E-state index in [0.717, 1.165) is 16.7 Å². The molecule has 1 aromatic heterocycles. The Labute approximate surface area is 157 Å². The van der Waals surface area contributed by atoms with Crippen LogP contribution in [-0.2, 0) is 6.54 Å². The Kier molecular flexibility index (Phi) is 4.13. The monoisotopic (exact) mass is 380 g/mol. The van der Waals surface area contributed by atoms with Gasteiger partial charge >= 0.3 is 0 Å². The van der Waals surface area contributed by atoms with Gasteiger partial charge in [0, 0.05) is 23.2 Å². The van der Waals surface area contributed by atoms with E-state index in [2.05, 4.69) is 10.3 Å². The molecule has 0 saturated carbocycles. The zero-order chi connectivity index (χ0) is 19.0. The number of aromatic nitrogens is 1. The van der Waals surface area contributed by atoms with E-state index in [4.69, 9.17) is 0 Å². The molecule has 8 nitrogen and oxygen atoms in total. The summed E-state index contributed by atoms with van der Waals surface area (Å²) in [6.45, 7) is 0.00706. The van der Waals surface area contributed by atoms with E-state index in [0.29, 0.717) is 10.8 Å². The number of amides is 2. The number of nitro groups is 1. The highest BCUT2D eigenvalue weighted by molar-refractivity contribution is 7.13. The van der Waals surface area contributed by atoms with Crippen molar-refractivity contribution < 1.29 is 14.5 Å². The first-order chi connectivity index (χ1) is 13.0. The number of benzene rings is 2. The number of hydrogen-bond donors (Lipinski definition) is 1. The predicted molar refractivity (Wildman–Crippen MR) is 99.1 cm³/mol. The molecular formula is C18H12N4O4S. The summed E-state index contributed by atoms with van der Waals surface area (Å²) in [7, 11) is 0. The minimum absolute atomic E-state index is 0.00706. The Balaban J connectivity index is 1.53. The average molecular weight is 380 g/mol. The summed E-state index contributed by atoms with van der Waals surface area (Å²) in [5.41, 5.74) is 1.43. The molecule has 3 aromatic rings. The molecule has 1 N–H and O–H groups in total. The molecular weight excluding hydrogens is 368 g/mol. The minimum atomic E-state index is -0.595. The van der Waals surface area contributed by atoms with Gasteiger partial charge in [-0.2, -0.15) is 0 Å². The van der Waals surface area contributed by atoms with Crippen LogP contribution >= 0.6 is 11.3 Å². The maximum absolute atomic E-state index is 12.5. The second-order valence-corrected chi connectivity index (χ2v) is 6.68. The van der Waals surface area contributed by atoms with Gasteiger partial charge in [-0.1, -0.05) is 18.2 Å². The lowest BCUT2D eigenvalue weighted by Crippen LogP contribution is -2.29. The molecule has 0 spiro atoms. The number of carbonyl (C=O) groups is 2. The van der Waals surface area contributed by atoms with Crippen molar-refractivity contribution in [3.8, 4) is 0 Å². The molecule has 0 fully saturated rings. The fourth-order valence-electron chi connectivity index (χ4n) is 2.78. The molecule has 0 saturated heterocycles. The summed E-state index contributed by atoms with van der Waals surface area (Å²) in [4.78, 5) is 40.8. The highest BCUT2D eigenvalue weighted by atomic mass is 32.1. The van der Waals surface area contributed by atoms with Gasteiger partial charge in [0.2, 0.25) is 0 Å². The highest BCUT2D eigenvalue weighted by Crippen LogP contribution is 2.29. The largest absolute Gasteiger partial charge is 0.332 e. The van der Waals surface area contributed by atoms with Crippen molar-refractivity contribution in [2.75, 3.05) is 5.32 Å². The maximum atomic E-state index is 12.5. The number of nitrogens with zero attached hydrogens (tertiary/aromatic N) is 3. The normalized spacial score (nSPS) is 13.0. The molecule has 4 rings (SSSR count). The lowest BCUT2D eigenvalue weighted by atomic mass is 10.1. The van der Waals surface area contributed by atoms with Crippen molar-refractivity contribution in [2.24, 2.45) is 0 Å². The number of para-hydroxylation sites is 1. The van der Waals surface area contributed by atoms with Crippen LogP contribution in [0.25, 0.3) is 0 Å². The van der Waals surface area contributed by atoms with Gasteiger partial charge in [-0.25, -0.2) is 4.98 Å². The quantitative estimate of drug-likeness (QED) is 0.412. The number of anilines is 2. The molecule has 2 amide bonds. The van der Waals surface area contributed by atoms with Crippen LogP contribution in [0.15, 0.2) is 53.9 Å². The first-order valence-electron chi connectivity index (χ1n) is 7.94. The second-order valence-electron chi connectivity index (χ2n) is 5.82. The number of nitro benzene ring substituents is 1. The van der Waals surface area contributed by atoms with Crippen LogP contribution in [0.2, 0.25) is 0 Å². The number of nitrogens with one attached hydrogen (secondary N) is 1. The average Bonchev–Trinajstić information content (AvgIpc) is 3.20. The van der Waals surface area contributed by atoms with Crippen LogP contribution in [-0.4, -0.2) is 26.6 Å². The van der Waals surface area contributed by atoms with E-state index in [1.54, 1.807) is 5.38 Å². The lowest BCUT2D eigenvalue weighted by Gasteiger charge is -2.11. The Bertz CT molecular complexity index is 1060. The molecule has 1 aliphatic rings. The molecule has 2 aromatic carbocycles. The summed E-state index contributed by atoms with van der Waals surface area (Å²) in [6.07, 6.45) is 0. The fraction of sp³-hybridized carbons (Fsp3) is 0.0556. The van der Waals surface area contributed by atoms with Gasteiger partial charge in [0.1, 0.15) is 0 Å². The van der Waals surface area contributed by atoms with Gasteiger partial charge in [-0.15, -0.1) is 11.3 Å². The van der Waals surface area contributed by atoms with Gasteiger partial charge in [0.25, 0.3) is 17.5 Å². The van der Waals surface area contributed by atoms with Gasteiger partial charge in [-0.05, 0) is 18.2 Å². The summed E-state index contributed by atoms with van der Waals surface area (Å²) in [5.74, 6) is -1.03. The van der Waals surface area contributed by atoms with E-state index >= 15 is 0 Å². The highest BCUT2D eigenvalue weighted by Gasteiger charge is 2.37. The van der Waals surface area contributed by atoms with Crippen molar-refractivity contribution in [3.05, 3.63) is 80.8 Å². The molecule has 0 atom stereocenters. The maximum Gasteiger partial charge on any atom is 0.270 e. The first kappa shape index (κ1) is 16.9. The predicted octanol–water partition coefficient (Wildman–Crippen LogP) is 3.59. The molecule has 134 valence electrons. The standard InChI is InChI=1S/C18H12N4O4S/c23-16-14-7-6-13(22(25)26)8-15(14)17(24)21(16)9-12-10-27-18(20-12)19-11-4-2-1-3-5-11/h1-8,10H,9H2,(H,19,20). The number of rotatable bonds is 5. The zero-order valence-corrected chi connectivity index (χ0v) is 14.6. The number of hydrogen-bond acceptors (Lipinski definition) is 7. The summed E-state index contributed by atoms with van der Waals surface area (Å²) in [6, 6.07) is 13.2. The van der Waals surface area contributed by atoms with E-state index in [-0.39, 0.29) is 23.4 Å².